The molecule has 0 saturated carbocycles. The lowest BCUT2D eigenvalue weighted by atomic mass is 9.98. The first-order valence-electron chi connectivity index (χ1n) is 26.9. The SMILES string of the molecule is N#Cc1ccc(-c2cc(-c3ccc(-c4ccc(-c5ccc(-n6c7ccc(N(c8ccccc8)c8ccc(C#N)cc8)cc7c7cc(N(c8ccccc8)c8ccc(C#N)cc8)ccc76)cc5)cc4)cc3)nc(-c3ccc(C#N)cc3)n2)cc1. The number of aromatic nitrogens is 3. The third-order valence-electron chi connectivity index (χ3n) is 15.0. The van der Waals surface area contributed by atoms with Crippen LogP contribution in [-0.4, -0.2) is 14.5 Å². The van der Waals surface area contributed by atoms with Crippen LogP contribution < -0.4 is 9.80 Å². The molecule has 0 bridgehead atoms. The summed E-state index contributed by atoms with van der Waals surface area (Å²) in [5.74, 6) is 0.539. The Balaban J connectivity index is 0.845. The molecule has 2 aromatic heterocycles. The van der Waals surface area contributed by atoms with E-state index in [9.17, 15) is 21.0 Å². The second-order valence-corrected chi connectivity index (χ2v) is 19.9. The molecule has 83 heavy (non-hydrogen) atoms. The van der Waals surface area contributed by atoms with Crippen LogP contribution >= 0.6 is 0 Å². The second kappa shape index (κ2) is 21.9. The first kappa shape index (κ1) is 50.4. The molecule has 9 heteroatoms. The number of rotatable bonds is 12. The van der Waals surface area contributed by atoms with Crippen molar-refractivity contribution < 1.29 is 0 Å². The molecular formula is C74H45N9. The van der Waals surface area contributed by atoms with E-state index in [-0.39, 0.29) is 0 Å². The third-order valence-corrected chi connectivity index (χ3v) is 15.0. The van der Waals surface area contributed by atoms with E-state index in [1.807, 2.05) is 115 Å². The zero-order chi connectivity index (χ0) is 56.2. The van der Waals surface area contributed by atoms with Crippen LogP contribution in [0.1, 0.15) is 22.3 Å². The van der Waals surface area contributed by atoms with Gasteiger partial charge < -0.3 is 14.4 Å². The summed E-state index contributed by atoms with van der Waals surface area (Å²) in [6.07, 6.45) is 0. The van der Waals surface area contributed by atoms with Crippen molar-refractivity contribution in [2.24, 2.45) is 0 Å². The number of nitriles is 4. The quantitative estimate of drug-likeness (QED) is 0.118. The molecule has 0 radical (unpaired) electrons. The molecule has 0 aliphatic rings. The molecule has 0 N–H and O–H groups in total. The minimum atomic E-state index is 0.539. The van der Waals surface area contributed by atoms with Gasteiger partial charge in [-0.15, -0.1) is 0 Å². The lowest BCUT2D eigenvalue weighted by Crippen LogP contribution is -2.10. The van der Waals surface area contributed by atoms with Crippen LogP contribution in [-0.2, 0) is 0 Å². The van der Waals surface area contributed by atoms with Crippen molar-refractivity contribution in [3.63, 3.8) is 0 Å². The Kier molecular flexibility index (Phi) is 13.3. The van der Waals surface area contributed by atoms with Gasteiger partial charge >= 0.3 is 0 Å². The molecule has 0 amide bonds. The predicted octanol–water partition coefficient (Wildman–Crippen LogP) is 18.3. The summed E-state index contributed by atoms with van der Waals surface area (Å²) >= 11 is 0. The summed E-state index contributed by atoms with van der Waals surface area (Å²) in [5.41, 5.74) is 19.6. The number of para-hydroxylation sites is 2. The van der Waals surface area contributed by atoms with E-state index in [0.717, 1.165) is 112 Å². The van der Waals surface area contributed by atoms with Crippen molar-refractivity contribution in [1.82, 2.24) is 14.5 Å². The van der Waals surface area contributed by atoms with Gasteiger partial charge in [-0.25, -0.2) is 9.97 Å². The van der Waals surface area contributed by atoms with E-state index in [1.54, 1.807) is 24.3 Å². The highest BCUT2D eigenvalue weighted by molar-refractivity contribution is 6.12. The van der Waals surface area contributed by atoms with Gasteiger partial charge in [0.05, 0.1) is 69.0 Å². The van der Waals surface area contributed by atoms with E-state index < -0.39 is 0 Å². The molecule has 0 spiro atoms. The topological polar surface area (TPSA) is 132 Å². The van der Waals surface area contributed by atoms with Gasteiger partial charge in [0, 0.05) is 67.3 Å². The second-order valence-electron chi connectivity index (χ2n) is 19.9. The van der Waals surface area contributed by atoms with Crippen LogP contribution in [0.3, 0.4) is 0 Å². The maximum Gasteiger partial charge on any atom is 0.160 e. The summed E-state index contributed by atoms with van der Waals surface area (Å²) in [4.78, 5) is 14.4. The fourth-order valence-corrected chi connectivity index (χ4v) is 10.7. The van der Waals surface area contributed by atoms with Crippen LogP contribution in [0.4, 0.5) is 34.1 Å². The Labute approximate surface area is 480 Å². The Morgan fingerprint density at radius 1 is 0.277 bits per heavy atom. The van der Waals surface area contributed by atoms with Crippen LogP contribution in [0.2, 0.25) is 0 Å². The zero-order valence-electron chi connectivity index (χ0n) is 44.5. The molecule has 2 heterocycles. The largest absolute Gasteiger partial charge is 0.310 e. The molecular weight excluding hydrogens is 1010 g/mol. The summed E-state index contributed by atoms with van der Waals surface area (Å²) < 4.78 is 2.33. The van der Waals surface area contributed by atoms with E-state index in [4.69, 9.17) is 9.97 Å². The van der Waals surface area contributed by atoms with Crippen LogP contribution in [0, 0.1) is 45.3 Å². The minimum Gasteiger partial charge on any atom is -0.310 e. The number of fused-ring (bicyclic) bond motifs is 3. The van der Waals surface area contributed by atoms with Crippen molar-refractivity contribution in [3.05, 3.63) is 295 Å². The van der Waals surface area contributed by atoms with Gasteiger partial charge in [0.25, 0.3) is 0 Å². The van der Waals surface area contributed by atoms with E-state index >= 15 is 0 Å². The van der Waals surface area contributed by atoms with E-state index in [0.29, 0.717) is 28.1 Å². The van der Waals surface area contributed by atoms with Gasteiger partial charge in [0.2, 0.25) is 0 Å². The fourth-order valence-electron chi connectivity index (χ4n) is 10.7. The van der Waals surface area contributed by atoms with Crippen molar-refractivity contribution >= 4 is 55.9 Å². The highest BCUT2D eigenvalue weighted by Crippen LogP contribution is 2.43. The third kappa shape index (κ3) is 9.94. The maximum atomic E-state index is 9.68. The van der Waals surface area contributed by atoms with Crippen LogP contribution in [0.15, 0.2) is 273 Å². The number of nitrogens with zero attached hydrogens (tertiary/aromatic N) is 9. The maximum absolute atomic E-state index is 9.68. The standard InChI is InChI=1S/C74H45N9/c75-46-50-11-19-58(20-12-50)70-45-71(80-74(79-70)60-21-13-51(47-76)14-22-60)59-29-27-56(28-30-59)54-23-25-55(26-24-54)57-31-37-65(38-32-57)83-72-41-39-66(81(61-7-3-1-4-8-61)63-33-15-52(48-77)16-34-63)43-68(72)69-44-67(40-42-73(69)83)82(62-9-5-2-6-10-62)64-35-17-53(49-78)18-36-64/h1-45H. The average Bonchev–Trinajstić information content (AvgIpc) is 2.92. The van der Waals surface area contributed by atoms with Crippen molar-refractivity contribution in [1.29, 1.82) is 21.0 Å². The van der Waals surface area contributed by atoms with Gasteiger partial charge in [-0.3, -0.25) is 0 Å². The lowest BCUT2D eigenvalue weighted by Gasteiger charge is -2.26. The smallest absolute Gasteiger partial charge is 0.160 e. The van der Waals surface area contributed by atoms with Gasteiger partial charge in [0.1, 0.15) is 0 Å². The predicted molar refractivity (Wildman–Crippen MR) is 332 cm³/mol. The van der Waals surface area contributed by atoms with Crippen LogP contribution in [0.5, 0.6) is 0 Å². The monoisotopic (exact) mass is 1060 g/mol. The highest BCUT2D eigenvalue weighted by atomic mass is 15.1. The first-order valence-corrected chi connectivity index (χ1v) is 26.9. The lowest BCUT2D eigenvalue weighted by molar-refractivity contribution is 1.18. The Hall–Kier alpha value is -12.1. The molecule has 0 saturated heterocycles. The Bertz CT molecular complexity index is 4470. The van der Waals surface area contributed by atoms with Crippen molar-refractivity contribution in [3.8, 4) is 86.1 Å². The van der Waals surface area contributed by atoms with Gasteiger partial charge in [-0.1, -0.05) is 109 Å². The van der Waals surface area contributed by atoms with Crippen molar-refractivity contribution in [2.75, 3.05) is 9.80 Å². The molecule has 0 aliphatic carbocycles. The molecule has 13 rings (SSSR count). The zero-order valence-corrected chi connectivity index (χ0v) is 44.5. The molecule has 0 aliphatic heterocycles. The molecule has 0 unspecified atom stereocenters. The highest BCUT2D eigenvalue weighted by Gasteiger charge is 2.21. The molecule has 0 atom stereocenters. The summed E-state index contributed by atoms with van der Waals surface area (Å²) in [5, 5.41) is 40.3. The number of hydrogen-bond donors (Lipinski definition) is 0. The molecule has 13 aromatic rings. The van der Waals surface area contributed by atoms with Crippen LogP contribution in [0.25, 0.3) is 83.6 Å². The minimum absolute atomic E-state index is 0.539. The Morgan fingerprint density at radius 3 is 0.952 bits per heavy atom. The molecule has 386 valence electrons. The molecule has 9 nitrogen and oxygen atoms in total. The number of anilines is 6. The molecule has 0 fully saturated rings. The number of hydrogen-bond acceptors (Lipinski definition) is 8. The fraction of sp³-hybridized carbons (Fsp3) is 0. The van der Waals surface area contributed by atoms with Crippen molar-refractivity contribution in [2.45, 2.75) is 0 Å². The average molecular weight is 1060 g/mol. The van der Waals surface area contributed by atoms with Gasteiger partial charge in [-0.2, -0.15) is 21.0 Å². The molecule has 11 aromatic carbocycles. The number of benzene rings is 11. The van der Waals surface area contributed by atoms with E-state index in [1.165, 1.54) is 0 Å². The van der Waals surface area contributed by atoms with Gasteiger partial charge in [0.15, 0.2) is 5.82 Å². The summed E-state index contributed by atoms with van der Waals surface area (Å²) in [7, 11) is 0. The summed E-state index contributed by atoms with van der Waals surface area (Å²) in [6, 6.07) is 101. The van der Waals surface area contributed by atoms with Gasteiger partial charge in [-0.05, 0) is 186 Å². The summed E-state index contributed by atoms with van der Waals surface area (Å²) in [6.45, 7) is 0. The first-order chi connectivity index (χ1) is 40.9. The Morgan fingerprint density at radius 2 is 0.578 bits per heavy atom. The van der Waals surface area contributed by atoms with E-state index in [2.05, 4.69) is 172 Å². The normalized spacial score (nSPS) is 10.8.